The van der Waals surface area contributed by atoms with Crippen molar-refractivity contribution < 1.29 is 9.21 Å². The molecule has 1 atom stereocenters. The van der Waals surface area contributed by atoms with Crippen molar-refractivity contribution in [1.82, 2.24) is 20.0 Å². The van der Waals surface area contributed by atoms with E-state index in [2.05, 4.69) is 15.3 Å². The van der Waals surface area contributed by atoms with Gasteiger partial charge >= 0.3 is 0 Å². The van der Waals surface area contributed by atoms with Gasteiger partial charge < -0.3 is 10.2 Å². The van der Waals surface area contributed by atoms with Gasteiger partial charge in [-0.15, -0.1) is 10.2 Å². The third-order valence-corrected chi connectivity index (χ3v) is 5.28. The highest BCUT2D eigenvalue weighted by Crippen LogP contribution is 2.28. The molecule has 1 amide bonds. The highest BCUT2D eigenvalue weighted by Gasteiger charge is 2.20. The molecule has 0 bridgehead atoms. The summed E-state index contributed by atoms with van der Waals surface area (Å²) in [5.41, 5.74) is 6.43. The van der Waals surface area contributed by atoms with Crippen LogP contribution in [0.15, 0.2) is 69.0 Å². The minimum Gasteiger partial charge on any atom is -0.409 e. The number of fused-ring (bicyclic) bond motifs is 1. The van der Waals surface area contributed by atoms with E-state index < -0.39 is 11.2 Å². The fraction of sp³-hybridized carbons (Fsp3) is 0.150. The molecule has 0 aliphatic rings. The summed E-state index contributed by atoms with van der Waals surface area (Å²) in [5, 5.41) is 13.3. The summed E-state index contributed by atoms with van der Waals surface area (Å²) >= 11 is 1.07. The summed E-state index contributed by atoms with van der Waals surface area (Å²) in [6.45, 7) is 1.97. The largest absolute Gasteiger partial charge is 0.409 e. The van der Waals surface area contributed by atoms with Gasteiger partial charge in [-0.05, 0) is 18.6 Å². The van der Waals surface area contributed by atoms with E-state index in [1.807, 2.05) is 36.4 Å². The molecule has 0 unspecified atom stereocenters. The van der Waals surface area contributed by atoms with Gasteiger partial charge in [0, 0.05) is 5.39 Å². The van der Waals surface area contributed by atoms with E-state index in [1.54, 1.807) is 25.1 Å². The number of benzene rings is 2. The van der Waals surface area contributed by atoms with Gasteiger partial charge in [-0.3, -0.25) is 9.59 Å². The number of carbonyl (C=O) groups excluding carboxylic acids is 1. The SMILES string of the molecule is C[C@H](Sc1nnc(-c2nn(Cc3ccccc3)c(=O)c3ccccc23)o1)C(N)=O. The van der Waals surface area contributed by atoms with Gasteiger partial charge in [0.2, 0.25) is 5.91 Å². The quantitative estimate of drug-likeness (QED) is 0.488. The molecule has 0 spiro atoms. The summed E-state index contributed by atoms with van der Waals surface area (Å²) in [5.74, 6) is -0.308. The number of nitrogens with zero attached hydrogens (tertiary/aromatic N) is 4. The topological polar surface area (TPSA) is 117 Å². The molecule has 2 N–H and O–H groups in total. The van der Waals surface area contributed by atoms with Crippen molar-refractivity contribution in [1.29, 1.82) is 0 Å². The second kappa shape index (κ2) is 7.88. The van der Waals surface area contributed by atoms with Crippen molar-refractivity contribution in [2.24, 2.45) is 5.73 Å². The number of nitrogens with two attached hydrogens (primary N) is 1. The van der Waals surface area contributed by atoms with Crippen LogP contribution in [0.3, 0.4) is 0 Å². The molecule has 8 nitrogen and oxygen atoms in total. The van der Waals surface area contributed by atoms with Crippen LogP contribution in [0.4, 0.5) is 0 Å². The maximum Gasteiger partial charge on any atom is 0.277 e. The van der Waals surface area contributed by atoms with Crippen LogP contribution in [0, 0.1) is 0 Å². The molecule has 0 aliphatic heterocycles. The van der Waals surface area contributed by atoms with E-state index in [9.17, 15) is 9.59 Å². The van der Waals surface area contributed by atoms with Crippen LogP contribution in [0.25, 0.3) is 22.4 Å². The van der Waals surface area contributed by atoms with Crippen LogP contribution in [0.1, 0.15) is 12.5 Å². The first-order valence-corrected chi connectivity index (χ1v) is 9.74. The van der Waals surface area contributed by atoms with E-state index in [0.717, 1.165) is 17.3 Å². The molecule has 4 aromatic rings. The molecule has 9 heteroatoms. The Labute approximate surface area is 169 Å². The Kier molecular flexibility index (Phi) is 5.13. The van der Waals surface area contributed by atoms with Crippen LogP contribution in [-0.4, -0.2) is 31.1 Å². The fourth-order valence-corrected chi connectivity index (χ4v) is 3.45. The van der Waals surface area contributed by atoms with Crippen molar-refractivity contribution in [3.8, 4) is 11.6 Å². The second-order valence-corrected chi connectivity index (χ2v) is 7.67. The summed E-state index contributed by atoms with van der Waals surface area (Å²) in [6.07, 6.45) is 0. The van der Waals surface area contributed by atoms with Crippen molar-refractivity contribution >= 4 is 28.4 Å². The lowest BCUT2D eigenvalue weighted by atomic mass is 10.1. The number of hydrogen-bond acceptors (Lipinski definition) is 7. The third-order valence-electron chi connectivity index (χ3n) is 4.33. The van der Waals surface area contributed by atoms with Crippen LogP contribution in [0.5, 0.6) is 0 Å². The van der Waals surface area contributed by atoms with Crippen molar-refractivity contribution in [2.45, 2.75) is 23.9 Å². The fourth-order valence-electron chi connectivity index (χ4n) is 2.82. The van der Waals surface area contributed by atoms with Gasteiger partial charge in [-0.25, -0.2) is 4.68 Å². The standard InChI is InChI=1S/C20H17N5O3S/c1-12(17(21)26)29-20-23-22-18(28-20)16-14-9-5-6-10-15(14)19(27)25(24-16)11-13-7-3-2-4-8-13/h2-10,12H,11H2,1H3,(H2,21,26)/t12-/m0/s1. The molecule has 29 heavy (non-hydrogen) atoms. The Morgan fingerprint density at radius 3 is 2.52 bits per heavy atom. The zero-order chi connectivity index (χ0) is 20.4. The van der Waals surface area contributed by atoms with Gasteiger partial charge in [0.25, 0.3) is 16.7 Å². The number of primary amides is 1. The van der Waals surface area contributed by atoms with Crippen LogP contribution in [-0.2, 0) is 11.3 Å². The molecule has 0 radical (unpaired) electrons. The van der Waals surface area contributed by atoms with Gasteiger partial charge in [-0.2, -0.15) is 5.10 Å². The first-order chi connectivity index (χ1) is 14.0. The third kappa shape index (κ3) is 3.90. The van der Waals surface area contributed by atoms with E-state index in [0.29, 0.717) is 23.0 Å². The Morgan fingerprint density at radius 1 is 1.10 bits per heavy atom. The van der Waals surface area contributed by atoms with E-state index in [-0.39, 0.29) is 16.7 Å². The van der Waals surface area contributed by atoms with Gasteiger partial charge in [0.1, 0.15) is 0 Å². The molecule has 0 aliphatic carbocycles. The minimum absolute atomic E-state index is 0.169. The molecule has 2 aromatic carbocycles. The predicted octanol–water partition coefficient (Wildman–Crippen LogP) is 2.46. The van der Waals surface area contributed by atoms with Gasteiger partial charge in [0.15, 0.2) is 5.69 Å². The highest BCUT2D eigenvalue weighted by molar-refractivity contribution is 8.00. The normalized spacial score (nSPS) is 12.2. The van der Waals surface area contributed by atoms with Crippen LogP contribution in [0.2, 0.25) is 0 Å². The number of amides is 1. The zero-order valence-corrected chi connectivity index (χ0v) is 16.3. The highest BCUT2D eigenvalue weighted by atomic mass is 32.2. The van der Waals surface area contributed by atoms with Crippen molar-refractivity contribution in [3.63, 3.8) is 0 Å². The Morgan fingerprint density at radius 2 is 1.79 bits per heavy atom. The average Bonchev–Trinajstić information content (AvgIpc) is 3.19. The van der Waals surface area contributed by atoms with E-state index in [4.69, 9.17) is 10.2 Å². The number of thioether (sulfide) groups is 1. The van der Waals surface area contributed by atoms with Crippen molar-refractivity contribution in [3.05, 3.63) is 70.5 Å². The average molecular weight is 407 g/mol. The number of hydrogen-bond donors (Lipinski definition) is 1. The molecule has 0 fully saturated rings. The number of aromatic nitrogens is 4. The number of carbonyl (C=O) groups is 1. The molecule has 2 aromatic heterocycles. The molecular weight excluding hydrogens is 390 g/mol. The molecule has 0 saturated heterocycles. The first kappa shape index (κ1) is 18.9. The lowest BCUT2D eigenvalue weighted by Gasteiger charge is -2.09. The maximum atomic E-state index is 12.9. The lowest BCUT2D eigenvalue weighted by molar-refractivity contribution is -0.117. The molecule has 146 valence electrons. The maximum absolute atomic E-state index is 12.9. The zero-order valence-electron chi connectivity index (χ0n) is 15.5. The Bertz CT molecular complexity index is 1240. The van der Waals surface area contributed by atoms with Gasteiger partial charge in [-0.1, -0.05) is 60.3 Å². The van der Waals surface area contributed by atoms with Crippen LogP contribution >= 0.6 is 11.8 Å². The molecular formula is C20H17N5O3S. The number of rotatable bonds is 6. The van der Waals surface area contributed by atoms with Crippen molar-refractivity contribution in [2.75, 3.05) is 0 Å². The molecule has 4 rings (SSSR count). The van der Waals surface area contributed by atoms with Crippen LogP contribution < -0.4 is 11.3 Å². The summed E-state index contributed by atoms with van der Waals surface area (Å²) in [7, 11) is 0. The summed E-state index contributed by atoms with van der Waals surface area (Å²) in [4.78, 5) is 24.2. The second-order valence-electron chi connectivity index (χ2n) is 6.38. The molecule has 0 saturated carbocycles. The first-order valence-electron chi connectivity index (χ1n) is 8.86. The van der Waals surface area contributed by atoms with E-state index >= 15 is 0 Å². The summed E-state index contributed by atoms with van der Waals surface area (Å²) in [6, 6.07) is 16.7. The smallest absolute Gasteiger partial charge is 0.277 e. The predicted molar refractivity (Wildman–Crippen MR) is 109 cm³/mol. The lowest BCUT2D eigenvalue weighted by Crippen LogP contribution is -2.24. The Balaban J connectivity index is 1.80. The Hall–Kier alpha value is -3.46. The summed E-state index contributed by atoms with van der Waals surface area (Å²) < 4.78 is 7.08. The van der Waals surface area contributed by atoms with E-state index in [1.165, 1.54) is 4.68 Å². The monoisotopic (exact) mass is 407 g/mol. The minimum atomic E-state index is -0.514. The molecule has 2 heterocycles. The van der Waals surface area contributed by atoms with Gasteiger partial charge in [0.05, 0.1) is 17.2 Å².